The summed E-state index contributed by atoms with van der Waals surface area (Å²) in [7, 11) is 0. The highest BCUT2D eigenvalue weighted by molar-refractivity contribution is 7.19. The van der Waals surface area contributed by atoms with Crippen LogP contribution in [0, 0.1) is 6.92 Å². The van der Waals surface area contributed by atoms with Crippen LogP contribution < -0.4 is 0 Å². The third-order valence-electron chi connectivity index (χ3n) is 6.11. The van der Waals surface area contributed by atoms with Crippen LogP contribution in [0.1, 0.15) is 65.8 Å². The molecule has 0 aliphatic heterocycles. The first-order valence-electron chi connectivity index (χ1n) is 9.76. The number of aryl methyl sites for hydroxylation is 3. The normalized spacial score (nSPS) is 19.7. The first-order chi connectivity index (χ1) is 12.2. The van der Waals surface area contributed by atoms with Gasteiger partial charge in [0.1, 0.15) is 4.83 Å². The summed E-state index contributed by atoms with van der Waals surface area (Å²) in [6, 6.07) is 9.19. The monoisotopic (exact) mass is 347 g/mol. The summed E-state index contributed by atoms with van der Waals surface area (Å²) in [5.41, 5.74) is 8.80. The maximum atomic E-state index is 5.22. The summed E-state index contributed by atoms with van der Waals surface area (Å²) in [5, 5.41) is 1.50. The zero-order valence-corrected chi connectivity index (χ0v) is 16.0. The number of aromatic nitrogens is 1. The van der Waals surface area contributed by atoms with Gasteiger partial charge in [-0.05, 0) is 80.0 Å². The highest BCUT2D eigenvalue weighted by atomic mass is 32.1. The molecule has 1 aromatic carbocycles. The second kappa shape index (κ2) is 5.95. The van der Waals surface area contributed by atoms with E-state index in [0.29, 0.717) is 5.92 Å². The molecule has 0 bridgehead atoms. The fourth-order valence-electron chi connectivity index (χ4n) is 4.77. The molecule has 2 aliphatic rings. The van der Waals surface area contributed by atoms with Crippen LogP contribution in [0.25, 0.3) is 21.3 Å². The maximum absolute atomic E-state index is 5.22. The van der Waals surface area contributed by atoms with E-state index in [4.69, 9.17) is 4.98 Å². The molecule has 5 rings (SSSR count). The van der Waals surface area contributed by atoms with Crippen molar-refractivity contribution in [3.05, 3.63) is 51.5 Å². The minimum absolute atomic E-state index is 0.594. The molecule has 0 amide bonds. The second-order valence-corrected chi connectivity index (χ2v) is 8.98. The molecular weight excluding hydrogens is 322 g/mol. The van der Waals surface area contributed by atoms with Gasteiger partial charge < -0.3 is 0 Å². The van der Waals surface area contributed by atoms with Gasteiger partial charge in [-0.25, -0.2) is 4.98 Å². The van der Waals surface area contributed by atoms with Crippen LogP contribution in [0.15, 0.2) is 24.3 Å². The zero-order chi connectivity index (χ0) is 17.0. The molecule has 2 aliphatic carbocycles. The van der Waals surface area contributed by atoms with Gasteiger partial charge in [-0.3, -0.25) is 0 Å². The van der Waals surface area contributed by atoms with Crippen molar-refractivity contribution in [1.82, 2.24) is 4.98 Å². The van der Waals surface area contributed by atoms with E-state index in [1.165, 1.54) is 77.5 Å². The number of thiophene rings is 1. The molecule has 2 aromatic heterocycles. The van der Waals surface area contributed by atoms with E-state index < -0.39 is 0 Å². The van der Waals surface area contributed by atoms with Crippen LogP contribution in [0.2, 0.25) is 0 Å². The molecule has 3 aromatic rings. The van der Waals surface area contributed by atoms with Gasteiger partial charge in [-0.15, -0.1) is 11.3 Å². The Morgan fingerprint density at radius 2 is 1.72 bits per heavy atom. The van der Waals surface area contributed by atoms with Crippen molar-refractivity contribution in [3.63, 3.8) is 0 Å². The minimum Gasteiger partial charge on any atom is -0.241 e. The summed E-state index contributed by atoms with van der Waals surface area (Å²) in [4.78, 5) is 8.13. The Bertz CT molecular complexity index is 949. The van der Waals surface area contributed by atoms with E-state index >= 15 is 0 Å². The lowest BCUT2D eigenvalue weighted by molar-refractivity contribution is 0.577. The molecule has 0 saturated carbocycles. The SMILES string of the molecule is Cc1ccc(-c2c3c(nc4sc5c(c24)CCCC5)C(C)CCC3)cc1. The number of rotatable bonds is 1. The van der Waals surface area contributed by atoms with Crippen LogP contribution in [0.3, 0.4) is 0 Å². The van der Waals surface area contributed by atoms with E-state index in [2.05, 4.69) is 38.1 Å². The predicted molar refractivity (Wildman–Crippen MR) is 108 cm³/mol. The Balaban J connectivity index is 1.88. The number of hydrogen-bond acceptors (Lipinski definition) is 2. The van der Waals surface area contributed by atoms with E-state index in [1.807, 2.05) is 11.3 Å². The van der Waals surface area contributed by atoms with Gasteiger partial charge >= 0.3 is 0 Å². The molecule has 0 fully saturated rings. The number of pyridine rings is 1. The second-order valence-electron chi connectivity index (χ2n) is 7.90. The molecule has 0 N–H and O–H groups in total. The van der Waals surface area contributed by atoms with E-state index in [-0.39, 0.29) is 0 Å². The lowest BCUT2D eigenvalue weighted by Gasteiger charge is -2.25. The molecule has 1 unspecified atom stereocenters. The number of benzene rings is 1. The number of fused-ring (bicyclic) bond motifs is 4. The highest BCUT2D eigenvalue weighted by Crippen LogP contribution is 2.46. The average Bonchev–Trinajstić information content (AvgIpc) is 3.00. The fraction of sp³-hybridized carbons (Fsp3) is 0.435. The maximum Gasteiger partial charge on any atom is 0.124 e. The van der Waals surface area contributed by atoms with E-state index in [0.717, 1.165) is 0 Å². The van der Waals surface area contributed by atoms with Crippen LogP contribution in [-0.2, 0) is 19.3 Å². The first kappa shape index (κ1) is 15.6. The van der Waals surface area contributed by atoms with Crippen molar-refractivity contribution in [2.75, 3.05) is 0 Å². The Hall–Kier alpha value is -1.67. The van der Waals surface area contributed by atoms with Gasteiger partial charge in [0.05, 0.1) is 0 Å². The lowest BCUT2D eigenvalue weighted by atomic mass is 9.81. The quantitative estimate of drug-likeness (QED) is 0.484. The van der Waals surface area contributed by atoms with Gasteiger partial charge in [0.25, 0.3) is 0 Å². The topological polar surface area (TPSA) is 12.9 Å². The van der Waals surface area contributed by atoms with Crippen molar-refractivity contribution in [3.8, 4) is 11.1 Å². The Morgan fingerprint density at radius 1 is 0.960 bits per heavy atom. The number of nitrogens with zero attached hydrogens (tertiary/aromatic N) is 1. The van der Waals surface area contributed by atoms with E-state index in [1.54, 1.807) is 16.0 Å². The fourth-order valence-corrected chi connectivity index (χ4v) is 6.04. The van der Waals surface area contributed by atoms with Gasteiger partial charge in [-0.2, -0.15) is 0 Å². The van der Waals surface area contributed by atoms with Gasteiger partial charge in [-0.1, -0.05) is 36.8 Å². The molecule has 2 heteroatoms. The molecule has 2 heterocycles. The van der Waals surface area contributed by atoms with Crippen molar-refractivity contribution in [1.29, 1.82) is 0 Å². The summed E-state index contributed by atoms with van der Waals surface area (Å²) in [5.74, 6) is 0.594. The van der Waals surface area contributed by atoms with Crippen molar-refractivity contribution >= 4 is 21.6 Å². The van der Waals surface area contributed by atoms with Gasteiger partial charge in [0.2, 0.25) is 0 Å². The van der Waals surface area contributed by atoms with Crippen LogP contribution in [0.5, 0.6) is 0 Å². The minimum atomic E-state index is 0.594. The molecule has 1 nitrogen and oxygen atoms in total. The molecule has 1 atom stereocenters. The van der Waals surface area contributed by atoms with Gasteiger partial charge in [0.15, 0.2) is 0 Å². The van der Waals surface area contributed by atoms with Crippen LogP contribution in [-0.4, -0.2) is 4.98 Å². The third kappa shape index (κ3) is 2.45. The summed E-state index contributed by atoms with van der Waals surface area (Å²) in [6.07, 6.45) is 8.94. The standard InChI is InChI=1S/C23H25NS/c1-14-10-12-16(13-11-14)20-18-8-5-6-15(2)22(18)24-23-21(20)17-7-3-4-9-19(17)25-23/h10-13,15H,3-9H2,1-2H3. The predicted octanol–water partition coefficient (Wildman–Crippen LogP) is 6.59. The Labute approximate surface area is 154 Å². The Kier molecular flexibility index (Phi) is 3.71. The molecular formula is C23H25NS. The van der Waals surface area contributed by atoms with Crippen LogP contribution in [0.4, 0.5) is 0 Å². The van der Waals surface area contributed by atoms with Crippen LogP contribution >= 0.6 is 11.3 Å². The average molecular weight is 348 g/mol. The van der Waals surface area contributed by atoms with E-state index in [9.17, 15) is 0 Å². The largest absolute Gasteiger partial charge is 0.241 e. The number of hydrogen-bond donors (Lipinski definition) is 0. The molecule has 25 heavy (non-hydrogen) atoms. The third-order valence-corrected chi connectivity index (χ3v) is 7.29. The Morgan fingerprint density at radius 3 is 2.56 bits per heavy atom. The molecule has 0 spiro atoms. The lowest BCUT2D eigenvalue weighted by Crippen LogP contribution is -2.11. The first-order valence-corrected chi connectivity index (χ1v) is 10.6. The summed E-state index contributed by atoms with van der Waals surface area (Å²) < 4.78 is 0. The van der Waals surface area contributed by atoms with Crippen molar-refractivity contribution < 1.29 is 0 Å². The molecule has 128 valence electrons. The summed E-state index contributed by atoms with van der Waals surface area (Å²) >= 11 is 1.98. The van der Waals surface area contributed by atoms with Crippen molar-refractivity contribution in [2.24, 2.45) is 0 Å². The zero-order valence-electron chi connectivity index (χ0n) is 15.2. The van der Waals surface area contributed by atoms with Crippen molar-refractivity contribution in [2.45, 2.75) is 64.7 Å². The molecule has 0 saturated heterocycles. The van der Waals surface area contributed by atoms with Gasteiger partial charge in [0, 0.05) is 16.0 Å². The smallest absolute Gasteiger partial charge is 0.124 e. The summed E-state index contributed by atoms with van der Waals surface area (Å²) in [6.45, 7) is 4.54. The highest BCUT2D eigenvalue weighted by Gasteiger charge is 2.27. The molecule has 0 radical (unpaired) electrons.